The van der Waals surface area contributed by atoms with Gasteiger partial charge in [0.05, 0.1) is 29.9 Å². The van der Waals surface area contributed by atoms with Crippen LogP contribution in [0.2, 0.25) is 0 Å². The van der Waals surface area contributed by atoms with E-state index in [0.717, 1.165) is 37.3 Å². The van der Waals surface area contributed by atoms with Crippen LogP contribution in [0.3, 0.4) is 0 Å². The van der Waals surface area contributed by atoms with Gasteiger partial charge in [0, 0.05) is 13.1 Å². The van der Waals surface area contributed by atoms with Crippen LogP contribution in [0.5, 0.6) is 5.75 Å². The van der Waals surface area contributed by atoms with Crippen molar-refractivity contribution in [2.45, 2.75) is 24.7 Å². The Kier molecular flexibility index (Phi) is 3.87. The van der Waals surface area contributed by atoms with Crippen LogP contribution in [-0.2, 0) is 16.4 Å². The number of anilines is 2. The molecule has 5 nitrogen and oxygen atoms in total. The highest BCUT2D eigenvalue weighted by Crippen LogP contribution is 2.41. The maximum absolute atomic E-state index is 13.4. The molecule has 4 rings (SSSR count). The number of hydrogen-bond donors (Lipinski definition) is 0. The summed E-state index contributed by atoms with van der Waals surface area (Å²) in [6.45, 7) is 4.02. The lowest BCUT2D eigenvalue weighted by atomic mass is 9.99. The average molecular weight is 358 g/mol. The van der Waals surface area contributed by atoms with E-state index in [-0.39, 0.29) is 0 Å². The van der Waals surface area contributed by atoms with E-state index < -0.39 is 10.0 Å². The molecule has 0 saturated heterocycles. The molecule has 0 radical (unpaired) electrons. The van der Waals surface area contributed by atoms with E-state index in [1.165, 1.54) is 5.56 Å². The molecule has 2 heterocycles. The number of hydrogen-bond acceptors (Lipinski definition) is 4. The summed E-state index contributed by atoms with van der Waals surface area (Å²) in [6.07, 6.45) is 2.13. The number of methoxy groups -OCH3 is 1. The van der Waals surface area contributed by atoms with E-state index in [9.17, 15) is 8.42 Å². The van der Waals surface area contributed by atoms with Crippen LogP contribution in [0, 0.1) is 6.92 Å². The molecule has 0 unspecified atom stereocenters. The minimum absolute atomic E-state index is 0.343. The van der Waals surface area contributed by atoms with Crippen LogP contribution in [0.4, 0.5) is 11.4 Å². The summed E-state index contributed by atoms with van der Waals surface area (Å²) >= 11 is 0. The first-order chi connectivity index (χ1) is 12.0. The molecule has 6 heteroatoms. The van der Waals surface area contributed by atoms with Gasteiger partial charge in [-0.05, 0) is 55.2 Å². The van der Waals surface area contributed by atoms with Crippen LogP contribution in [0.25, 0.3) is 0 Å². The predicted octanol–water partition coefficient (Wildman–Crippen LogP) is 2.97. The van der Waals surface area contributed by atoms with Crippen LogP contribution in [0.15, 0.2) is 41.3 Å². The molecule has 2 aliphatic heterocycles. The van der Waals surface area contributed by atoms with Gasteiger partial charge in [-0.25, -0.2) is 8.42 Å². The molecule has 0 fully saturated rings. The summed E-state index contributed by atoms with van der Waals surface area (Å²) in [5.74, 6) is 0.665. The monoisotopic (exact) mass is 358 g/mol. The first-order valence-corrected chi connectivity index (χ1v) is 10.0. The lowest BCUT2D eigenvalue weighted by Crippen LogP contribution is -2.46. The van der Waals surface area contributed by atoms with Gasteiger partial charge in [0.15, 0.2) is 0 Å². The van der Waals surface area contributed by atoms with E-state index in [1.54, 1.807) is 29.6 Å². The molecule has 0 spiro atoms. The van der Waals surface area contributed by atoms with Gasteiger partial charge >= 0.3 is 0 Å². The Morgan fingerprint density at radius 1 is 1.08 bits per heavy atom. The first-order valence-electron chi connectivity index (χ1n) is 8.56. The molecule has 132 valence electrons. The SMILES string of the molecule is COc1ccc(S(=O)(=O)N2CCN3CCCc4cccc2c43)c(C)c1. The first kappa shape index (κ1) is 16.3. The Balaban J connectivity index is 1.82. The Hall–Kier alpha value is -2.21. The lowest BCUT2D eigenvalue weighted by Gasteiger charge is -2.41. The molecule has 2 aliphatic rings. The molecule has 0 atom stereocenters. The number of ether oxygens (including phenoxy) is 1. The van der Waals surface area contributed by atoms with E-state index in [2.05, 4.69) is 11.0 Å². The highest BCUT2D eigenvalue weighted by atomic mass is 32.2. The van der Waals surface area contributed by atoms with Gasteiger partial charge in [-0.15, -0.1) is 0 Å². The second-order valence-corrected chi connectivity index (χ2v) is 8.41. The average Bonchev–Trinajstić information content (AvgIpc) is 2.62. The normalized spacial score (nSPS) is 16.6. The van der Waals surface area contributed by atoms with Gasteiger partial charge < -0.3 is 9.64 Å². The summed E-state index contributed by atoms with van der Waals surface area (Å²) in [4.78, 5) is 2.66. The third kappa shape index (κ3) is 2.56. The fourth-order valence-corrected chi connectivity index (χ4v) is 5.55. The summed E-state index contributed by atoms with van der Waals surface area (Å²) in [7, 11) is -2.02. The number of nitrogens with zero attached hydrogens (tertiary/aromatic N) is 2. The van der Waals surface area contributed by atoms with Gasteiger partial charge in [-0.3, -0.25) is 4.31 Å². The molecule has 0 bridgehead atoms. The Morgan fingerprint density at radius 2 is 1.92 bits per heavy atom. The van der Waals surface area contributed by atoms with Gasteiger partial charge in [-0.2, -0.15) is 0 Å². The number of aryl methyl sites for hydroxylation is 2. The van der Waals surface area contributed by atoms with Crippen molar-refractivity contribution in [2.24, 2.45) is 0 Å². The van der Waals surface area contributed by atoms with Crippen molar-refractivity contribution >= 4 is 21.4 Å². The fraction of sp³-hybridized carbons (Fsp3) is 0.368. The zero-order valence-corrected chi connectivity index (χ0v) is 15.3. The largest absolute Gasteiger partial charge is 0.497 e. The van der Waals surface area contributed by atoms with Gasteiger partial charge in [0.25, 0.3) is 10.0 Å². The second-order valence-electron chi connectivity index (χ2n) is 6.58. The van der Waals surface area contributed by atoms with Crippen LogP contribution < -0.4 is 13.9 Å². The molecule has 0 aromatic heterocycles. The standard InChI is InChI=1S/C19H22N2O3S/c1-14-13-16(24-2)8-9-18(14)25(22,23)21-12-11-20-10-4-6-15-5-3-7-17(21)19(15)20/h3,5,7-9,13H,4,6,10-12H2,1-2H3. The maximum atomic E-state index is 13.4. The summed E-state index contributed by atoms with van der Waals surface area (Å²) in [6, 6.07) is 11.1. The number of rotatable bonds is 3. The van der Waals surface area contributed by atoms with Crippen molar-refractivity contribution in [3.63, 3.8) is 0 Å². The maximum Gasteiger partial charge on any atom is 0.264 e. The highest BCUT2D eigenvalue weighted by Gasteiger charge is 2.34. The summed E-state index contributed by atoms with van der Waals surface area (Å²) in [5, 5.41) is 0. The number of benzene rings is 2. The minimum atomic E-state index is -3.60. The van der Waals surface area contributed by atoms with Crippen molar-refractivity contribution in [3.8, 4) is 5.75 Å². The third-order valence-corrected chi connectivity index (χ3v) is 7.05. The zero-order valence-electron chi connectivity index (χ0n) is 14.5. The minimum Gasteiger partial charge on any atom is -0.497 e. The number of sulfonamides is 1. The molecule has 0 saturated carbocycles. The molecule has 2 aromatic carbocycles. The Bertz CT molecular complexity index is 924. The van der Waals surface area contributed by atoms with Crippen molar-refractivity contribution < 1.29 is 13.2 Å². The molecule has 0 amide bonds. The molecule has 2 aromatic rings. The summed E-state index contributed by atoms with van der Waals surface area (Å²) < 4.78 is 33.5. The van der Waals surface area contributed by atoms with E-state index >= 15 is 0 Å². The number of para-hydroxylation sites is 1. The van der Waals surface area contributed by atoms with Crippen molar-refractivity contribution in [1.82, 2.24) is 0 Å². The van der Waals surface area contributed by atoms with Crippen LogP contribution >= 0.6 is 0 Å². The Morgan fingerprint density at radius 3 is 2.68 bits per heavy atom. The Labute approximate surface area is 148 Å². The molecular weight excluding hydrogens is 336 g/mol. The van der Waals surface area contributed by atoms with E-state index in [4.69, 9.17) is 4.74 Å². The van der Waals surface area contributed by atoms with Crippen molar-refractivity contribution in [2.75, 3.05) is 35.9 Å². The highest BCUT2D eigenvalue weighted by molar-refractivity contribution is 7.93. The summed E-state index contributed by atoms with van der Waals surface area (Å²) in [5.41, 5.74) is 3.84. The molecule has 25 heavy (non-hydrogen) atoms. The van der Waals surface area contributed by atoms with Crippen molar-refractivity contribution in [3.05, 3.63) is 47.5 Å². The molecular formula is C19H22N2O3S. The van der Waals surface area contributed by atoms with E-state index in [1.807, 2.05) is 19.1 Å². The lowest BCUT2D eigenvalue weighted by molar-refractivity contribution is 0.414. The molecule has 0 aliphatic carbocycles. The topological polar surface area (TPSA) is 49.9 Å². The quantitative estimate of drug-likeness (QED) is 0.846. The third-order valence-electron chi connectivity index (χ3n) is 5.08. The van der Waals surface area contributed by atoms with Crippen LogP contribution in [0.1, 0.15) is 17.5 Å². The predicted molar refractivity (Wildman–Crippen MR) is 99.2 cm³/mol. The van der Waals surface area contributed by atoms with Gasteiger partial charge in [0.1, 0.15) is 5.75 Å². The molecule has 0 N–H and O–H groups in total. The smallest absolute Gasteiger partial charge is 0.264 e. The van der Waals surface area contributed by atoms with E-state index in [0.29, 0.717) is 22.8 Å². The van der Waals surface area contributed by atoms with Gasteiger partial charge in [0.2, 0.25) is 0 Å². The van der Waals surface area contributed by atoms with Crippen molar-refractivity contribution in [1.29, 1.82) is 0 Å². The zero-order chi connectivity index (χ0) is 17.6. The van der Waals surface area contributed by atoms with Crippen LogP contribution in [-0.4, -0.2) is 35.2 Å². The fourth-order valence-electron chi connectivity index (χ4n) is 3.88. The second kappa shape index (κ2) is 5.95. The van der Waals surface area contributed by atoms with Gasteiger partial charge in [-0.1, -0.05) is 12.1 Å².